The summed E-state index contributed by atoms with van der Waals surface area (Å²) in [5.74, 6) is 0.136. The Morgan fingerprint density at radius 2 is 1.96 bits per heavy atom. The van der Waals surface area contributed by atoms with Crippen LogP contribution in [0.2, 0.25) is 5.02 Å². The summed E-state index contributed by atoms with van der Waals surface area (Å²) in [7, 11) is 0. The molecule has 0 spiro atoms. The molecule has 1 aliphatic heterocycles. The molecule has 2 heterocycles. The highest BCUT2D eigenvalue weighted by atomic mass is 35.5. The number of amides is 2. The van der Waals surface area contributed by atoms with Gasteiger partial charge in [-0.2, -0.15) is 0 Å². The summed E-state index contributed by atoms with van der Waals surface area (Å²) in [5, 5.41) is 14.2. The van der Waals surface area contributed by atoms with Crippen molar-refractivity contribution < 1.29 is 9.90 Å². The molecular weight excluding hydrogens is 350 g/mol. The molecule has 1 fully saturated rings. The second-order valence-corrected chi connectivity index (χ2v) is 7.00. The summed E-state index contributed by atoms with van der Waals surface area (Å²) >= 11 is 6.13. The second-order valence-electron chi connectivity index (χ2n) is 6.60. The molecule has 1 aliphatic rings. The van der Waals surface area contributed by atoms with E-state index in [4.69, 9.17) is 11.6 Å². The zero-order valence-electron chi connectivity index (χ0n) is 14.6. The lowest BCUT2D eigenvalue weighted by Gasteiger charge is -2.34. The molecule has 1 atom stereocenters. The van der Waals surface area contributed by atoms with Crippen molar-refractivity contribution in [1.29, 1.82) is 0 Å². The van der Waals surface area contributed by atoms with E-state index < -0.39 is 6.10 Å². The first-order chi connectivity index (χ1) is 12.6. The van der Waals surface area contributed by atoms with Crippen LogP contribution >= 0.6 is 11.6 Å². The standard InChI is InChI=1S/C20H24ClN3O2/c21-17-6-2-1-5-15(17)8-12-23-20(26)24-13-9-16(10-14-24)19(25)18-7-3-4-11-22-18/h1-7,11,16,19,25H,8-10,12-14H2,(H,23,26). The zero-order chi connectivity index (χ0) is 18.4. The lowest BCUT2D eigenvalue weighted by molar-refractivity contribution is 0.0636. The van der Waals surface area contributed by atoms with Crippen LogP contribution in [0, 0.1) is 5.92 Å². The number of hydrogen-bond acceptors (Lipinski definition) is 3. The van der Waals surface area contributed by atoms with E-state index in [1.165, 1.54) is 0 Å². The predicted molar refractivity (Wildman–Crippen MR) is 102 cm³/mol. The molecule has 1 saturated heterocycles. The molecule has 0 bridgehead atoms. The number of halogens is 1. The number of hydrogen-bond donors (Lipinski definition) is 2. The fourth-order valence-electron chi connectivity index (χ4n) is 3.33. The van der Waals surface area contributed by atoms with E-state index in [2.05, 4.69) is 10.3 Å². The molecule has 3 rings (SSSR count). The van der Waals surface area contributed by atoms with Gasteiger partial charge in [-0.3, -0.25) is 4.98 Å². The van der Waals surface area contributed by atoms with Crippen LogP contribution in [0.3, 0.4) is 0 Å². The Morgan fingerprint density at radius 1 is 1.23 bits per heavy atom. The molecule has 138 valence electrons. The molecule has 2 aromatic rings. The SMILES string of the molecule is O=C(NCCc1ccccc1Cl)N1CCC(C(O)c2ccccn2)CC1. The van der Waals surface area contributed by atoms with Gasteiger partial charge in [0, 0.05) is 30.9 Å². The average molecular weight is 374 g/mol. The molecule has 0 saturated carbocycles. The summed E-state index contributed by atoms with van der Waals surface area (Å²) in [5.41, 5.74) is 1.74. The van der Waals surface area contributed by atoms with Gasteiger partial charge in [-0.05, 0) is 48.9 Å². The topological polar surface area (TPSA) is 65.5 Å². The normalized spacial score (nSPS) is 16.3. The van der Waals surface area contributed by atoms with Crippen LogP contribution in [0.15, 0.2) is 48.7 Å². The van der Waals surface area contributed by atoms with Crippen molar-refractivity contribution in [3.63, 3.8) is 0 Å². The minimum atomic E-state index is -0.568. The van der Waals surface area contributed by atoms with Crippen LogP contribution in [-0.2, 0) is 6.42 Å². The van der Waals surface area contributed by atoms with Crippen molar-refractivity contribution in [1.82, 2.24) is 15.2 Å². The summed E-state index contributed by atoms with van der Waals surface area (Å²) in [6, 6.07) is 13.2. The van der Waals surface area contributed by atoms with Crippen molar-refractivity contribution in [2.24, 2.45) is 5.92 Å². The summed E-state index contributed by atoms with van der Waals surface area (Å²) < 4.78 is 0. The number of nitrogens with one attached hydrogen (secondary N) is 1. The third-order valence-corrected chi connectivity index (χ3v) is 5.26. The number of urea groups is 1. The lowest BCUT2D eigenvalue weighted by Crippen LogP contribution is -2.45. The maximum atomic E-state index is 12.3. The fourth-order valence-corrected chi connectivity index (χ4v) is 3.56. The van der Waals surface area contributed by atoms with Gasteiger partial charge in [0.2, 0.25) is 0 Å². The van der Waals surface area contributed by atoms with Crippen LogP contribution in [0.1, 0.15) is 30.2 Å². The number of aliphatic hydroxyl groups is 1. The predicted octanol–water partition coefficient (Wildman–Crippen LogP) is 3.43. The molecule has 1 aromatic carbocycles. The van der Waals surface area contributed by atoms with Gasteiger partial charge in [0.15, 0.2) is 0 Å². The van der Waals surface area contributed by atoms with Gasteiger partial charge >= 0.3 is 6.03 Å². The quantitative estimate of drug-likeness (QED) is 0.843. The number of benzene rings is 1. The van der Waals surface area contributed by atoms with Gasteiger partial charge in [-0.1, -0.05) is 35.9 Å². The number of pyridine rings is 1. The van der Waals surface area contributed by atoms with Crippen LogP contribution in [0.5, 0.6) is 0 Å². The third-order valence-electron chi connectivity index (χ3n) is 4.89. The molecule has 6 heteroatoms. The lowest BCUT2D eigenvalue weighted by atomic mass is 9.89. The number of aromatic nitrogens is 1. The molecule has 5 nitrogen and oxygen atoms in total. The Hall–Kier alpha value is -2.11. The van der Waals surface area contributed by atoms with E-state index in [0.29, 0.717) is 31.7 Å². The smallest absolute Gasteiger partial charge is 0.317 e. The van der Waals surface area contributed by atoms with Crippen LogP contribution < -0.4 is 5.32 Å². The average Bonchev–Trinajstić information content (AvgIpc) is 2.69. The maximum absolute atomic E-state index is 12.3. The van der Waals surface area contributed by atoms with E-state index in [1.54, 1.807) is 6.20 Å². The van der Waals surface area contributed by atoms with E-state index in [-0.39, 0.29) is 11.9 Å². The van der Waals surface area contributed by atoms with E-state index in [0.717, 1.165) is 23.4 Å². The van der Waals surface area contributed by atoms with Gasteiger partial charge in [0.05, 0.1) is 11.8 Å². The monoisotopic (exact) mass is 373 g/mol. The van der Waals surface area contributed by atoms with E-state index in [9.17, 15) is 9.90 Å². The largest absolute Gasteiger partial charge is 0.387 e. The van der Waals surface area contributed by atoms with Crippen LogP contribution in [0.4, 0.5) is 4.79 Å². The minimum Gasteiger partial charge on any atom is -0.387 e. The minimum absolute atomic E-state index is 0.0529. The van der Waals surface area contributed by atoms with Crippen molar-refractivity contribution in [2.45, 2.75) is 25.4 Å². The summed E-state index contributed by atoms with van der Waals surface area (Å²) in [6.45, 7) is 1.85. The first-order valence-electron chi connectivity index (χ1n) is 9.00. The van der Waals surface area contributed by atoms with E-state index in [1.807, 2.05) is 47.4 Å². The van der Waals surface area contributed by atoms with Gasteiger partial charge in [-0.25, -0.2) is 4.79 Å². The van der Waals surface area contributed by atoms with E-state index >= 15 is 0 Å². The molecule has 26 heavy (non-hydrogen) atoms. The summed E-state index contributed by atoms with van der Waals surface area (Å²) in [4.78, 5) is 18.4. The number of carbonyl (C=O) groups is 1. The van der Waals surface area contributed by atoms with Crippen LogP contribution in [-0.4, -0.2) is 40.7 Å². The molecular formula is C20H24ClN3O2. The highest BCUT2D eigenvalue weighted by Crippen LogP contribution is 2.29. The Balaban J connectivity index is 1.43. The zero-order valence-corrected chi connectivity index (χ0v) is 15.4. The number of piperidine rings is 1. The number of carbonyl (C=O) groups excluding carboxylic acids is 1. The fraction of sp³-hybridized carbons (Fsp3) is 0.400. The molecule has 0 radical (unpaired) electrons. The van der Waals surface area contributed by atoms with Crippen molar-refractivity contribution in [3.8, 4) is 0 Å². The van der Waals surface area contributed by atoms with Gasteiger partial charge in [0.1, 0.15) is 0 Å². The Bertz CT molecular complexity index is 718. The van der Waals surface area contributed by atoms with Gasteiger partial charge in [-0.15, -0.1) is 0 Å². The molecule has 1 aromatic heterocycles. The third kappa shape index (κ3) is 4.74. The number of rotatable bonds is 5. The van der Waals surface area contributed by atoms with Gasteiger partial charge in [0.25, 0.3) is 0 Å². The molecule has 0 aliphatic carbocycles. The first kappa shape index (κ1) is 18.7. The maximum Gasteiger partial charge on any atom is 0.317 e. The number of likely N-dealkylation sites (tertiary alicyclic amines) is 1. The van der Waals surface area contributed by atoms with Crippen molar-refractivity contribution in [2.75, 3.05) is 19.6 Å². The van der Waals surface area contributed by atoms with Crippen molar-refractivity contribution in [3.05, 3.63) is 64.9 Å². The first-order valence-corrected chi connectivity index (χ1v) is 9.38. The van der Waals surface area contributed by atoms with Crippen molar-refractivity contribution >= 4 is 17.6 Å². The van der Waals surface area contributed by atoms with Crippen LogP contribution in [0.25, 0.3) is 0 Å². The Kier molecular flexibility index (Phi) is 6.47. The molecule has 1 unspecified atom stereocenters. The second kappa shape index (κ2) is 9.01. The Morgan fingerprint density at radius 3 is 2.65 bits per heavy atom. The molecule has 2 N–H and O–H groups in total. The highest BCUT2D eigenvalue weighted by molar-refractivity contribution is 6.31. The number of aliphatic hydroxyl groups excluding tert-OH is 1. The number of nitrogens with zero attached hydrogens (tertiary/aromatic N) is 2. The van der Waals surface area contributed by atoms with Gasteiger partial charge < -0.3 is 15.3 Å². The highest BCUT2D eigenvalue weighted by Gasteiger charge is 2.28. The molecule has 2 amide bonds. The Labute approximate surface area is 159 Å². The summed E-state index contributed by atoms with van der Waals surface area (Å²) in [6.07, 6.45) is 3.38.